The molecule has 0 spiro atoms. The molecule has 3 rings (SSSR count). The number of hydrogen-bond acceptors (Lipinski definition) is 4. The van der Waals surface area contributed by atoms with Crippen LogP contribution in [0.1, 0.15) is 16.7 Å². The summed E-state index contributed by atoms with van der Waals surface area (Å²) in [4.78, 5) is 3.94. The minimum atomic E-state index is 0.292. The minimum Gasteiger partial charge on any atom is -0.410 e. The summed E-state index contributed by atoms with van der Waals surface area (Å²) in [6.45, 7) is 2.03. The molecular weight excluding hydrogens is 357 g/mol. The van der Waals surface area contributed by atoms with E-state index in [0.29, 0.717) is 26.9 Å². The Balaban J connectivity index is 1.94. The van der Waals surface area contributed by atoms with Gasteiger partial charge in [-0.05, 0) is 42.8 Å². The van der Waals surface area contributed by atoms with Crippen molar-refractivity contribution < 1.29 is 5.21 Å². The standard InChI is InChI=1S/C19H15Cl2N3O/c1-12-4-2-3-5-18(12)23-13-6-7-14(16(20)10-13)19(24-25)15-8-9-22-11-17(15)21/h2-11,23,25H,1H3. The van der Waals surface area contributed by atoms with E-state index in [-0.39, 0.29) is 0 Å². The van der Waals surface area contributed by atoms with E-state index in [4.69, 9.17) is 23.2 Å². The number of rotatable bonds is 4. The normalized spacial score (nSPS) is 11.4. The predicted octanol–water partition coefficient (Wildman–Crippen LogP) is 5.67. The third kappa shape index (κ3) is 3.76. The second-order valence-corrected chi connectivity index (χ2v) is 6.25. The first-order chi connectivity index (χ1) is 12.1. The molecule has 1 heterocycles. The lowest BCUT2D eigenvalue weighted by Crippen LogP contribution is -2.06. The number of anilines is 2. The third-order valence-electron chi connectivity index (χ3n) is 3.78. The van der Waals surface area contributed by atoms with Gasteiger partial charge in [0, 0.05) is 34.9 Å². The maximum atomic E-state index is 9.46. The van der Waals surface area contributed by atoms with E-state index < -0.39 is 0 Å². The topological polar surface area (TPSA) is 57.5 Å². The van der Waals surface area contributed by atoms with Gasteiger partial charge in [0.2, 0.25) is 0 Å². The summed E-state index contributed by atoms with van der Waals surface area (Å²) in [6, 6.07) is 15.1. The number of nitrogens with zero attached hydrogens (tertiary/aromatic N) is 2. The van der Waals surface area contributed by atoms with Gasteiger partial charge in [0.05, 0.1) is 10.0 Å². The van der Waals surface area contributed by atoms with Gasteiger partial charge in [-0.1, -0.05) is 46.6 Å². The number of pyridine rings is 1. The molecule has 0 bridgehead atoms. The van der Waals surface area contributed by atoms with Gasteiger partial charge in [0.15, 0.2) is 0 Å². The van der Waals surface area contributed by atoms with Crippen LogP contribution in [0.15, 0.2) is 66.1 Å². The molecule has 3 aromatic rings. The largest absolute Gasteiger partial charge is 0.410 e. The van der Waals surface area contributed by atoms with Crippen LogP contribution in [-0.4, -0.2) is 15.9 Å². The molecule has 2 N–H and O–H groups in total. The van der Waals surface area contributed by atoms with Gasteiger partial charge in [-0.25, -0.2) is 0 Å². The number of hydrogen-bond donors (Lipinski definition) is 2. The van der Waals surface area contributed by atoms with Crippen molar-refractivity contribution in [2.45, 2.75) is 6.92 Å². The monoisotopic (exact) mass is 371 g/mol. The Morgan fingerprint density at radius 3 is 2.48 bits per heavy atom. The van der Waals surface area contributed by atoms with Crippen LogP contribution >= 0.6 is 23.2 Å². The summed E-state index contributed by atoms with van der Waals surface area (Å²) < 4.78 is 0. The van der Waals surface area contributed by atoms with Gasteiger partial charge >= 0.3 is 0 Å². The molecule has 0 amide bonds. The Morgan fingerprint density at radius 2 is 1.80 bits per heavy atom. The Labute approximate surface area is 155 Å². The van der Waals surface area contributed by atoms with E-state index in [2.05, 4.69) is 15.5 Å². The Morgan fingerprint density at radius 1 is 1.04 bits per heavy atom. The van der Waals surface area contributed by atoms with Gasteiger partial charge in [-0.3, -0.25) is 4.98 Å². The van der Waals surface area contributed by atoms with Crippen LogP contribution in [0.25, 0.3) is 0 Å². The Kier molecular flexibility index (Phi) is 5.22. The zero-order valence-electron chi connectivity index (χ0n) is 13.4. The van der Waals surface area contributed by atoms with Crippen LogP contribution in [-0.2, 0) is 0 Å². The Hall–Kier alpha value is -2.56. The van der Waals surface area contributed by atoms with Gasteiger partial charge in [0.1, 0.15) is 5.71 Å². The van der Waals surface area contributed by atoms with Gasteiger partial charge in [-0.15, -0.1) is 0 Å². The Bertz CT molecular complexity index is 941. The van der Waals surface area contributed by atoms with Crippen molar-refractivity contribution in [3.05, 3.63) is 87.7 Å². The number of nitrogens with one attached hydrogen (secondary N) is 1. The summed E-state index contributed by atoms with van der Waals surface area (Å²) in [6.07, 6.45) is 3.07. The molecule has 6 heteroatoms. The molecule has 25 heavy (non-hydrogen) atoms. The van der Waals surface area contributed by atoms with Crippen LogP contribution in [0.4, 0.5) is 11.4 Å². The van der Waals surface area contributed by atoms with Crippen molar-refractivity contribution in [1.29, 1.82) is 0 Å². The quantitative estimate of drug-likeness (QED) is 0.353. The van der Waals surface area contributed by atoms with Crippen molar-refractivity contribution in [2.24, 2.45) is 5.16 Å². The third-order valence-corrected chi connectivity index (χ3v) is 4.39. The molecule has 0 aliphatic rings. The highest BCUT2D eigenvalue weighted by molar-refractivity contribution is 6.39. The zero-order valence-corrected chi connectivity index (χ0v) is 14.9. The average molecular weight is 372 g/mol. The second-order valence-electron chi connectivity index (χ2n) is 5.44. The van der Waals surface area contributed by atoms with Crippen molar-refractivity contribution in [3.63, 3.8) is 0 Å². The first kappa shape index (κ1) is 17.3. The number of halogens is 2. The highest BCUT2D eigenvalue weighted by Gasteiger charge is 2.15. The fourth-order valence-corrected chi connectivity index (χ4v) is 2.95. The first-order valence-corrected chi connectivity index (χ1v) is 8.30. The maximum Gasteiger partial charge on any atom is 0.120 e. The minimum absolute atomic E-state index is 0.292. The summed E-state index contributed by atoms with van der Waals surface area (Å²) in [5, 5.41) is 17.0. The zero-order chi connectivity index (χ0) is 17.8. The number of oxime groups is 1. The van der Waals surface area contributed by atoms with Crippen LogP contribution in [0.3, 0.4) is 0 Å². The molecule has 0 aliphatic carbocycles. The molecule has 0 fully saturated rings. The molecule has 126 valence electrons. The summed E-state index contributed by atoms with van der Waals surface area (Å²) >= 11 is 12.6. The molecule has 0 atom stereocenters. The summed E-state index contributed by atoms with van der Waals surface area (Å²) in [7, 11) is 0. The van der Waals surface area contributed by atoms with Gasteiger partial charge in [0.25, 0.3) is 0 Å². The number of aryl methyl sites for hydroxylation is 1. The van der Waals surface area contributed by atoms with Crippen molar-refractivity contribution in [3.8, 4) is 0 Å². The molecule has 0 unspecified atom stereocenters. The summed E-state index contributed by atoms with van der Waals surface area (Å²) in [5.41, 5.74) is 4.39. The molecule has 4 nitrogen and oxygen atoms in total. The van der Waals surface area contributed by atoms with Crippen molar-refractivity contribution in [2.75, 3.05) is 5.32 Å². The predicted molar refractivity (Wildman–Crippen MR) is 103 cm³/mol. The highest BCUT2D eigenvalue weighted by atomic mass is 35.5. The van der Waals surface area contributed by atoms with Gasteiger partial charge in [-0.2, -0.15) is 0 Å². The molecule has 2 aromatic carbocycles. The van der Waals surface area contributed by atoms with Crippen LogP contribution in [0.5, 0.6) is 0 Å². The SMILES string of the molecule is Cc1ccccc1Nc1ccc(C(=NO)c2ccncc2Cl)c(Cl)c1. The maximum absolute atomic E-state index is 9.46. The van der Waals surface area contributed by atoms with Gasteiger partial charge < -0.3 is 10.5 Å². The fraction of sp³-hybridized carbons (Fsp3) is 0.0526. The molecular formula is C19H15Cl2N3O. The molecule has 0 saturated carbocycles. The van der Waals surface area contributed by atoms with E-state index in [0.717, 1.165) is 16.9 Å². The lowest BCUT2D eigenvalue weighted by Gasteiger charge is -2.13. The number of para-hydroxylation sites is 1. The molecule has 1 aromatic heterocycles. The van der Waals surface area contributed by atoms with Crippen LogP contribution < -0.4 is 5.32 Å². The lowest BCUT2D eigenvalue weighted by atomic mass is 10.0. The van der Waals surface area contributed by atoms with E-state index >= 15 is 0 Å². The molecule has 0 radical (unpaired) electrons. The van der Waals surface area contributed by atoms with E-state index in [1.54, 1.807) is 24.4 Å². The van der Waals surface area contributed by atoms with Crippen LogP contribution in [0.2, 0.25) is 10.0 Å². The average Bonchev–Trinajstić information content (AvgIpc) is 2.61. The molecule has 0 aliphatic heterocycles. The first-order valence-electron chi connectivity index (χ1n) is 7.54. The highest BCUT2D eigenvalue weighted by Crippen LogP contribution is 2.28. The smallest absolute Gasteiger partial charge is 0.120 e. The van der Waals surface area contributed by atoms with E-state index in [1.165, 1.54) is 6.20 Å². The second kappa shape index (κ2) is 7.55. The number of benzene rings is 2. The number of aromatic nitrogens is 1. The van der Waals surface area contributed by atoms with Crippen molar-refractivity contribution in [1.82, 2.24) is 4.98 Å². The van der Waals surface area contributed by atoms with Crippen molar-refractivity contribution >= 4 is 40.3 Å². The molecule has 0 saturated heterocycles. The van der Waals surface area contributed by atoms with E-state index in [1.807, 2.05) is 37.3 Å². The fourth-order valence-electron chi connectivity index (χ4n) is 2.47. The summed E-state index contributed by atoms with van der Waals surface area (Å²) in [5.74, 6) is 0. The lowest BCUT2D eigenvalue weighted by molar-refractivity contribution is 0.319. The van der Waals surface area contributed by atoms with Crippen LogP contribution in [0, 0.1) is 6.92 Å². The van der Waals surface area contributed by atoms with E-state index in [9.17, 15) is 5.21 Å².